The Labute approximate surface area is 89.9 Å². The quantitative estimate of drug-likeness (QED) is 0.786. The maximum atomic E-state index is 5.57. The molecule has 0 saturated heterocycles. The van der Waals surface area contributed by atoms with Crippen molar-refractivity contribution in [3.05, 3.63) is 35.5 Å². The molecule has 2 nitrogen and oxygen atoms in total. The number of halogens is 1. The van der Waals surface area contributed by atoms with Crippen molar-refractivity contribution in [1.82, 2.24) is 4.98 Å². The van der Waals surface area contributed by atoms with Crippen LogP contribution in [0.25, 0.3) is 10.9 Å². The summed E-state index contributed by atoms with van der Waals surface area (Å²) in [4.78, 5) is 3.26. The van der Waals surface area contributed by atoms with Crippen LogP contribution >= 0.6 is 12.4 Å². The Morgan fingerprint density at radius 1 is 1.36 bits per heavy atom. The van der Waals surface area contributed by atoms with E-state index < -0.39 is 0 Å². The number of hydrogen-bond acceptors (Lipinski definition) is 1. The molecule has 0 atom stereocenters. The van der Waals surface area contributed by atoms with Crippen molar-refractivity contribution < 1.29 is 0 Å². The van der Waals surface area contributed by atoms with Gasteiger partial charge in [-0.2, -0.15) is 0 Å². The zero-order chi connectivity index (χ0) is 9.26. The van der Waals surface area contributed by atoms with Crippen LogP contribution in [0.3, 0.4) is 0 Å². The van der Waals surface area contributed by atoms with E-state index >= 15 is 0 Å². The van der Waals surface area contributed by atoms with Gasteiger partial charge in [-0.15, -0.1) is 12.4 Å². The number of nitrogens with two attached hydrogens (primary N) is 1. The third-order valence-electron chi connectivity index (χ3n) is 2.45. The summed E-state index contributed by atoms with van der Waals surface area (Å²) in [6.07, 6.45) is 3.15. The van der Waals surface area contributed by atoms with Crippen molar-refractivity contribution in [2.24, 2.45) is 5.73 Å². The first kappa shape index (κ1) is 11.1. The molecular weight excluding hydrogens is 196 g/mol. The van der Waals surface area contributed by atoms with Gasteiger partial charge in [0.1, 0.15) is 0 Å². The van der Waals surface area contributed by atoms with E-state index in [0.29, 0.717) is 6.54 Å². The number of rotatable bonds is 2. The van der Waals surface area contributed by atoms with Crippen LogP contribution < -0.4 is 5.73 Å². The van der Waals surface area contributed by atoms with Crippen molar-refractivity contribution in [3.63, 3.8) is 0 Å². The van der Waals surface area contributed by atoms with Gasteiger partial charge in [-0.05, 0) is 23.6 Å². The molecule has 76 valence electrons. The molecule has 1 aromatic carbocycles. The summed E-state index contributed by atoms with van der Waals surface area (Å²) in [5.41, 5.74) is 9.31. The second-order valence-electron chi connectivity index (χ2n) is 3.25. The Bertz CT molecular complexity index is 420. The highest BCUT2D eigenvalue weighted by atomic mass is 35.5. The summed E-state index contributed by atoms with van der Waals surface area (Å²) >= 11 is 0. The molecule has 0 radical (unpaired) electrons. The average Bonchev–Trinajstić information content (AvgIpc) is 2.59. The van der Waals surface area contributed by atoms with Gasteiger partial charge in [0.15, 0.2) is 0 Å². The lowest BCUT2D eigenvalue weighted by Gasteiger charge is -1.97. The van der Waals surface area contributed by atoms with Gasteiger partial charge in [-0.3, -0.25) is 0 Å². The zero-order valence-electron chi connectivity index (χ0n) is 8.21. The number of aromatic nitrogens is 1. The van der Waals surface area contributed by atoms with Gasteiger partial charge in [-0.1, -0.05) is 19.1 Å². The smallest absolute Gasteiger partial charge is 0.0460 e. The number of hydrogen-bond donors (Lipinski definition) is 2. The number of benzene rings is 1. The molecule has 1 heterocycles. The maximum absolute atomic E-state index is 5.57. The van der Waals surface area contributed by atoms with Crippen LogP contribution in [-0.4, -0.2) is 4.98 Å². The lowest BCUT2D eigenvalue weighted by Crippen LogP contribution is -1.95. The van der Waals surface area contributed by atoms with Gasteiger partial charge in [-0.25, -0.2) is 0 Å². The summed E-state index contributed by atoms with van der Waals surface area (Å²) in [6, 6.07) is 6.36. The van der Waals surface area contributed by atoms with E-state index in [9.17, 15) is 0 Å². The minimum atomic E-state index is 0. The second kappa shape index (κ2) is 4.49. The topological polar surface area (TPSA) is 41.8 Å². The molecule has 0 bridgehead atoms. The third kappa shape index (κ3) is 1.76. The molecule has 3 N–H and O–H groups in total. The van der Waals surface area contributed by atoms with Crippen molar-refractivity contribution in [1.29, 1.82) is 0 Å². The van der Waals surface area contributed by atoms with Crippen LogP contribution in [0.1, 0.15) is 18.1 Å². The van der Waals surface area contributed by atoms with Crippen LogP contribution in [0.4, 0.5) is 0 Å². The Hall–Kier alpha value is -0.990. The summed E-state index contributed by atoms with van der Waals surface area (Å²) in [5, 5.41) is 1.32. The Balaban J connectivity index is 0.000000980. The van der Waals surface area contributed by atoms with Crippen molar-refractivity contribution in [2.45, 2.75) is 19.9 Å². The van der Waals surface area contributed by atoms with Gasteiger partial charge in [0, 0.05) is 23.6 Å². The number of aromatic amines is 1. The number of fused-ring (bicyclic) bond motifs is 1. The van der Waals surface area contributed by atoms with E-state index in [1.165, 1.54) is 22.0 Å². The van der Waals surface area contributed by atoms with Crippen LogP contribution in [-0.2, 0) is 13.0 Å². The van der Waals surface area contributed by atoms with E-state index in [2.05, 4.69) is 36.3 Å². The highest BCUT2D eigenvalue weighted by molar-refractivity contribution is 5.85. The highest BCUT2D eigenvalue weighted by Gasteiger charge is 2.01. The minimum absolute atomic E-state index is 0. The van der Waals surface area contributed by atoms with Crippen molar-refractivity contribution >= 4 is 23.3 Å². The summed E-state index contributed by atoms with van der Waals surface area (Å²) < 4.78 is 0. The second-order valence-corrected chi connectivity index (χ2v) is 3.25. The van der Waals surface area contributed by atoms with Gasteiger partial charge in [0.25, 0.3) is 0 Å². The average molecular weight is 211 g/mol. The predicted molar refractivity (Wildman–Crippen MR) is 62.8 cm³/mol. The van der Waals surface area contributed by atoms with E-state index in [1.54, 1.807) is 0 Å². The third-order valence-corrected chi connectivity index (χ3v) is 2.45. The fraction of sp³-hybridized carbons (Fsp3) is 0.273. The summed E-state index contributed by atoms with van der Waals surface area (Å²) in [6.45, 7) is 2.77. The lowest BCUT2D eigenvalue weighted by atomic mass is 10.1. The number of aryl methyl sites for hydroxylation is 1. The number of H-pyrrole nitrogens is 1. The monoisotopic (exact) mass is 210 g/mol. The first-order valence-corrected chi connectivity index (χ1v) is 4.64. The van der Waals surface area contributed by atoms with Crippen molar-refractivity contribution in [2.75, 3.05) is 0 Å². The van der Waals surface area contributed by atoms with E-state index in [0.717, 1.165) is 6.42 Å². The minimum Gasteiger partial charge on any atom is -0.361 e. The van der Waals surface area contributed by atoms with Crippen LogP contribution in [0, 0.1) is 0 Å². The molecule has 0 unspecified atom stereocenters. The predicted octanol–water partition coefficient (Wildman–Crippen LogP) is 2.61. The summed E-state index contributed by atoms with van der Waals surface area (Å²) in [7, 11) is 0. The molecule has 2 rings (SSSR count). The van der Waals surface area contributed by atoms with Crippen molar-refractivity contribution in [3.8, 4) is 0 Å². The largest absolute Gasteiger partial charge is 0.361 e. The SMILES string of the molecule is CCc1c[nH]c2cc(CN)ccc12.Cl. The molecule has 0 fully saturated rings. The highest BCUT2D eigenvalue weighted by Crippen LogP contribution is 2.19. The normalized spacial score (nSPS) is 10.1. The standard InChI is InChI=1S/C11H14N2.ClH/c1-2-9-7-13-11-5-8(6-12)3-4-10(9)11;/h3-5,7,13H,2,6,12H2,1H3;1H. The first-order valence-electron chi connectivity index (χ1n) is 4.64. The molecule has 0 spiro atoms. The first-order chi connectivity index (χ1) is 6.35. The van der Waals surface area contributed by atoms with E-state index in [-0.39, 0.29) is 12.4 Å². The van der Waals surface area contributed by atoms with Crippen LogP contribution in [0.15, 0.2) is 24.4 Å². The fourth-order valence-electron chi connectivity index (χ4n) is 1.65. The van der Waals surface area contributed by atoms with E-state index in [1.807, 2.05) is 0 Å². The fourth-order valence-corrected chi connectivity index (χ4v) is 1.65. The molecule has 0 amide bonds. The lowest BCUT2D eigenvalue weighted by molar-refractivity contribution is 1.07. The van der Waals surface area contributed by atoms with Gasteiger partial charge >= 0.3 is 0 Å². The van der Waals surface area contributed by atoms with Crippen LogP contribution in [0.2, 0.25) is 0 Å². The molecule has 1 aromatic heterocycles. The molecule has 0 aliphatic carbocycles. The Kier molecular flexibility index (Phi) is 3.55. The van der Waals surface area contributed by atoms with Gasteiger partial charge in [0.05, 0.1) is 0 Å². The molecule has 0 aliphatic heterocycles. The van der Waals surface area contributed by atoms with Crippen LogP contribution in [0.5, 0.6) is 0 Å². The Morgan fingerprint density at radius 2 is 2.14 bits per heavy atom. The number of nitrogens with one attached hydrogen (secondary N) is 1. The molecule has 0 saturated carbocycles. The van der Waals surface area contributed by atoms with Gasteiger partial charge in [0.2, 0.25) is 0 Å². The molecule has 3 heteroatoms. The molecule has 14 heavy (non-hydrogen) atoms. The molecule has 2 aromatic rings. The molecular formula is C11H15ClN2. The Morgan fingerprint density at radius 3 is 2.79 bits per heavy atom. The van der Waals surface area contributed by atoms with E-state index in [4.69, 9.17) is 5.73 Å². The van der Waals surface area contributed by atoms with Gasteiger partial charge < -0.3 is 10.7 Å². The molecule has 0 aliphatic rings. The summed E-state index contributed by atoms with van der Waals surface area (Å²) in [5.74, 6) is 0. The zero-order valence-corrected chi connectivity index (χ0v) is 9.03. The maximum Gasteiger partial charge on any atom is 0.0460 e.